The van der Waals surface area contributed by atoms with Crippen molar-refractivity contribution in [3.05, 3.63) is 40.5 Å². The van der Waals surface area contributed by atoms with Gasteiger partial charge in [-0.25, -0.2) is 18.1 Å². The Kier molecular flexibility index (Phi) is 3.53. The first-order chi connectivity index (χ1) is 11.9. The molecule has 0 radical (unpaired) electrons. The summed E-state index contributed by atoms with van der Waals surface area (Å²) in [5.74, 6) is -0.481. The van der Waals surface area contributed by atoms with Gasteiger partial charge in [0.05, 0.1) is 27.4 Å². The standard InChI is InChI=1S/C14H9Cl2N5O3S/c15-7-4-10(22)12-13(11(7)16)25(23,24)21-14(19-12)18-8-2-1-3-9-6(8)5-17-20-9/h1-5,22H,(H,17,20)(H2,18,19,21). The number of anilines is 1. The van der Waals surface area contributed by atoms with Crippen LogP contribution in [0.5, 0.6) is 5.75 Å². The molecule has 4 rings (SSSR count). The molecule has 0 amide bonds. The zero-order valence-electron chi connectivity index (χ0n) is 12.2. The van der Waals surface area contributed by atoms with Gasteiger partial charge in [0.2, 0.25) is 5.96 Å². The van der Waals surface area contributed by atoms with Crippen LogP contribution < -0.4 is 10.0 Å². The Morgan fingerprint density at radius 3 is 2.84 bits per heavy atom. The maximum absolute atomic E-state index is 12.5. The van der Waals surface area contributed by atoms with E-state index in [1.165, 1.54) is 0 Å². The van der Waals surface area contributed by atoms with Gasteiger partial charge in [0.1, 0.15) is 16.3 Å². The van der Waals surface area contributed by atoms with Crippen molar-refractivity contribution in [2.45, 2.75) is 4.90 Å². The van der Waals surface area contributed by atoms with E-state index in [1.54, 1.807) is 18.3 Å². The molecule has 25 heavy (non-hydrogen) atoms. The van der Waals surface area contributed by atoms with Crippen molar-refractivity contribution in [1.82, 2.24) is 14.9 Å². The third-order valence-electron chi connectivity index (χ3n) is 3.59. The minimum Gasteiger partial charge on any atom is -0.506 e. The van der Waals surface area contributed by atoms with Gasteiger partial charge in [-0.1, -0.05) is 29.3 Å². The molecule has 8 nitrogen and oxygen atoms in total. The quantitative estimate of drug-likeness (QED) is 0.503. The van der Waals surface area contributed by atoms with Crippen molar-refractivity contribution >= 4 is 61.5 Å². The molecule has 3 aromatic rings. The minimum absolute atomic E-state index is 0.0851. The van der Waals surface area contributed by atoms with Gasteiger partial charge in [0, 0.05) is 11.5 Å². The molecule has 128 valence electrons. The summed E-state index contributed by atoms with van der Waals surface area (Å²) >= 11 is 11.8. The molecule has 2 aromatic carbocycles. The van der Waals surface area contributed by atoms with E-state index >= 15 is 0 Å². The zero-order chi connectivity index (χ0) is 17.8. The van der Waals surface area contributed by atoms with Crippen molar-refractivity contribution in [3.63, 3.8) is 0 Å². The number of aliphatic imine (C=N–C) groups is 1. The van der Waals surface area contributed by atoms with E-state index in [0.29, 0.717) is 5.69 Å². The molecule has 0 atom stereocenters. The van der Waals surface area contributed by atoms with Gasteiger partial charge in [-0.15, -0.1) is 0 Å². The van der Waals surface area contributed by atoms with Crippen molar-refractivity contribution in [3.8, 4) is 5.75 Å². The summed E-state index contributed by atoms with van der Waals surface area (Å²) in [6, 6.07) is 6.46. The number of aromatic hydroxyl groups is 1. The Labute approximate surface area is 151 Å². The highest BCUT2D eigenvalue weighted by molar-refractivity contribution is 7.90. The maximum atomic E-state index is 12.5. The number of aromatic nitrogens is 2. The normalized spacial score (nSPS) is 15.4. The van der Waals surface area contributed by atoms with E-state index in [4.69, 9.17) is 23.2 Å². The van der Waals surface area contributed by atoms with Crippen LogP contribution in [0, 0.1) is 0 Å². The Morgan fingerprint density at radius 1 is 1.24 bits per heavy atom. The largest absolute Gasteiger partial charge is 0.506 e. The zero-order valence-corrected chi connectivity index (χ0v) is 14.5. The van der Waals surface area contributed by atoms with E-state index in [1.807, 2.05) is 6.07 Å². The number of sulfonamides is 1. The van der Waals surface area contributed by atoms with Gasteiger partial charge in [-0.3, -0.25) is 5.10 Å². The van der Waals surface area contributed by atoms with Crippen LogP contribution >= 0.6 is 23.2 Å². The lowest BCUT2D eigenvalue weighted by Crippen LogP contribution is -2.38. The molecule has 1 aromatic heterocycles. The number of guanidine groups is 1. The van der Waals surface area contributed by atoms with Gasteiger partial charge in [0.25, 0.3) is 10.0 Å². The number of hydrogen-bond acceptors (Lipinski definition) is 6. The minimum atomic E-state index is -4.07. The first kappa shape index (κ1) is 16.0. The molecule has 11 heteroatoms. The number of benzene rings is 2. The molecule has 0 bridgehead atoms. The maximum Gasteiger partial charge on any atom is 0.268 e. The van der Waals surface area contributed by atoms with Gasteiger partial charge < -0.3 is 10.4 Å². The van der Waals surface area contributed by atoms with Gasteiger partial charge >= 0.3 is 0 Å². The fourth-order valence-electron chi connectivity index (χ4n) is 2.50. The molecule has 0 aliphatic carbocycles. The second kappa shape index (κ2) is 5.51. The molecule has 0 saturated heterocycles. The summed E-state index contributed by atoms with van der Waals surface area (Å²) in [7, 11) is -4.07. The molecule has 4 N–H and O–H groups in total. The van der Waals surface area contributed by atoms with Crippen LogP contribution in [0.25, 0.3) is 10.9 Å². The summed E-state index contributed by atoms with van der Waals surface area (Å²) in [6.07, 6.45) is 1.59. The third-order valence-corrected chi connectivity index (χ3v) is 5.89. The van der Waals surface area contributed by atoms with E-state index in [9.17, 15) is 13.5 Å². The van der Waals surface area contributed by atoms with Crippen LogP contribution in [0.3, 0.4) is 0 Å². The van der Waals surface area contributed by atoms with E-state index in [2.05, 4.69) is 25.2 Å². The molecule has 1 aliphatic heterocycles. The monoisotopic (exact) mass is 397 g/mol. The molecule has 2 heterocycles. The number of phenols is 1. The van der Waals surface area contributed by atoms with E-state index in [-0.39, 0.29) is 26.6 Å². The third kappa shape index (κ3) is 2.56. The first-order valence-corrected chi connectivity index (χ1v) is 9.12. The number of fused-ring (bicyclic) bond motifs is 2. The van der Waals surface area contributed by atoms with Gasteiger partial charge in [0.15, 0.2) is 0 Å². The van der Waals surface area contributed by atoms with E-state index < -0.39 is 15.8 Å². The number of nitrogens with one attached hydrogen (secondary N) is 3. The lowest BCUT2D eigenvalue weighted by atomic mass is 10.2. The summed E-state index contributed by atoms with van der Waals surface area (Å²) in [4.78, 5) is 3.75. The highest BCUT2D eigenvalue weighted by Crippen LogP contribution is 2.44. The highest BCUT2D eigenvalue weighted by Gasteiger charge is 2.32. The predicted molar refractivity (Wildman–Crippen MR) is 95.3 cm³/mol. The van der Waals surface area contributed by atoms with Crippen LogP contribution in [0.15, 0.2) is 40.4 Å². The number of aromatic amines is 1. The second-order valence-corrected chi connectivity index (χ2v) is 7.60. The Balaban J connectivity index is 1.86. The molecule has 0 spiro atoms. The number of nitrogens with zero attached hydrogens (tertiary/aromatic N) is 2. The van der Waals surface area contributed by atoms with Crippen LogP contribution in [0.4, 0.5) is 11.4 Å². The Bertz CT molecular complexity index is 1160. The average molecular weight is 398 g/mol. The molecule has 1 aliphatic rings. The molecule has 0 fully saturated rings. The first-order valence-electron chi connectivity index (χ1n) is 6.88. The van der Waals surface area contributed by atoms with Crippen molar-refractivity contribution in [1.29, 1.82) is 0 Å². The molecular formula is C14H9Cl2N5O3S. The summed E-state index contributed by atoms with van der Waals surface area (Å²) in [5.41, 5.74) is 1.16. The van der Waals surface area contributed by atoms with Crippen molar-refractivity contribution in [2.75, 3.05) is 5.32 Å². The summed E-state index contributed by atoms with van der Waals surface area (Å²) in [5, 5.41) is 20.1. The number of phenolic OH excluding ortho intramolecular Hbond substituents is 1. The van der Waals surface area contributed by atoms with Crippen LogP contribution in [0.1, 0.15) is 0 Å². The van der Waals surface area contributed by atoms with E-state index in [0.717, 1.165) is 17.0 Å². The predicted octanol–water partition coefficient (Wildman–Crippen LogP) is 2.97. The van der Waals surface area contributed by atoms with Gasteiger partial charge in [-0.2, -0.15) is 5.10 Å². The lowest BCUT2D eigenvalue weighted by molar-refractivity contribution is 0.474. The Hall–Kier alpha value is -2.49. The fourth-order valence-corrected chi connectivity index (χ4v) is 4.41. The average Bonchev–Trinajstić information content (AvgIpc) is 3.01. The van der Waals surface area contributed by atoms with Crippen molar-refractivity contribution < 1.29 is 13.5 Å². The number of hydrogen-bond donors (Lipinski definition) is 4. The second-order valence-electron chi connectivity index (χ2n) is 5.20. The summed E-state index contributed by atoms with van der Waals surface area (Å²) < 4.78 is 27.3. The van der Waals surface area contributed by atoms with Crippen LogP contribution in [-0.2, 0) is 10.0 Å². The smallest absolute Gasteiger partial charge is 0.268 e. The molecular weight excluding hydrogens is 389 g/mol. The van der Waals surface area contributed by atoms with Crippen LogP contribution in [0.2, 0.25) is 10.0 Å². The number of halogens is 2. The fraction of sp³-hybridized carbons (Fsp3) is 0. The van der Waals surface area contributed by atoms with Crippen LogP contribution in [-0.4, -0.2) is 29.7 Å². The number of rotatable bonds is 1. The topological polar surface area (TPSA) is 119 Å². The summed E-state index contributed by atoms with van der Waals surface area (Å²) in [6.45, 7) is 0. The SMILES string of the molecule is O=S1(=O)NC(Nc2cccc3[nH]ncc23)=Nc2c(O)cc(Cl)c(Cl)c21. The lowest BCUT2D eigenvalue weighted by Gasteiger charge is -2.21. The molecule has 0 unspecified atom stereocenters. The van der Waals surface area contributed by atoms with Crippen molar-refractivity contribution in [2.24, 2.45) is 4.99 Å². The Morgan fingerprint density at radius 2 is 2.04 bits per heavy atom. The molecule has 0 saturated carbocycles. The van der Waals surface area contributed by atoms with Gasteiger partial charge in [-0.05, 0) is 12.1 Å². The number of H-pyrrole nitrogens is 1. The highest BCUT2D eigenvalue weighted by atomic mass is 35.5.